The molecule has 4 nitrogen and oxygen atoms in total. The molecule has 1 heterocycles. The molecule has 0 N–H and O–H groups in total. The first kappa shape index (κ1) is 16.7. The van der Waals surface area contributed by atoms with Crippen LogP contribution in [0.3, 0.4) is 0 Å². The molecule has 24 heavy (non-hydrogen) atoms. The molecule has 124 valence electrons. The van der Waals surface area contributed by atoms with Crippen LogP contribution in [-0.2, 0) is 11.2 Å². The molecular formula is C19H19BrN2O2. The van der Waals surface area contributed by atoms with Crippen molar-refractivity contribution in [1.29, 1.82) is 0 Å². The second-order valence-corrected chi connectivity index (χ2v) is 6.76. The van der Waals surface area contributed by atoms with Gasteiger partial charge in [0.2, 0.25) is 5.91 Å². The van der Waals surface area contributed by atoms with Crippen molar-refractivity contribution in [1.82, 2.24) is 9.80 Å². The number of carbonyl (C=O) groups is 2. The van der Waals surface area contributed by atoms with Crippen LogP contribution < -0.4 is 0 Å². The molecule has 5 heteroatoms. The van der Waals surface area contributed by atoms with Crippen LogP contribution in [0.5, 0.6) is 0 Å². The number of rotatable bonds is 3. The minimum absolute atomic E-state index is 0.0199. The molecule has 0 spiro atoms. The van der Waals surface area contributed by atoms with Crippen LogP contribution in [0.25, 0.3) is 0 Å². The molecule has 1 saturated heterocycles. The number of carbonyl (C=O) groups excluding carboxylic acids is 2. The van der Waals surface area contributed by atoms with Gasteiger partial charge in [0.05, 0.1) is 6.42 Å². The maximum Gasteiger partial charge on any atom is 0.254 e. The maximum atomic E-state index is 12.5. The lowest BCUT2D eigenvalue weighted by molar-refractivity contribution is -0.131. The van der Waals surface area contributed by atoms with E-state index >= 15 is 0 Å². The summed E-state index contributed by atoms with van der Waals surface area (Å²) < 4.78 is 0.894. The van der Waals surface area contributed by atoms with Crippen molar-refractivity contribution in [3.63, 3.8) is 0 Å². The van der Waals surface area contributed by atoms with E-state index in [0.29, 0.717) is 38.2 Å². The van der Waals surface area contributed by atoms with Crippen molar-refractivity contribution in [2.24, 2.45) is 0 Å². The smallest absolute Gasteiger partial charge is 0.254 e. The summed E-state index contributed by atoms with van der Waals surface area (Å²) in [4.78, 5) is 28.6. The van der Waals surface area contributed by atoms with E-state index < -0.39 is 0 Å². The van der Waals surface area contributed by atoms with Crippen LogP contribution >= 0.6 is 15.9 Å². The van der Waals surface area contributed by atoms with Gasteiger partial charge in [-0.3, -0.25) is 9.59 Å². The highest BCUT2D eigenvalue weighted by Gasteiger charge is 2.24. The zero-order chi connectivity index (χ0) is 16.9. The molecule has 2 amide bonds. The van der Waals surface area contributed by atoms with Crippen LogP contribution in [0.1, 0.15) is 15.9 Å². The van der Waals surface area contributed by atoms with Crippen LogP contribution in [0, 0.1) is 0 Å². The Kier molecular flexibility index (Phi) is 5.30. The van der Waals surface area contributed by atoms with E-state index in [4.69, 9.17) is 0 Å². The number of halogens is 1. The van der Waals surface area contributed by atoms with E-state index in [-0.39, 0.29) is 11.8 Å². The molecule has 0 aromatic heterocycles. The third-order valence-corrected chi connectivity index (χ3v) is 4.68. The highest BCUT2D eigenvalue weighted by atomic mass is 79.9. The van der Waals surface area contributed by atoms with E-state index in [1.54, 1.807) is 0 Å². The number of hydrogen-bond donors (Lipinski definition) is 0. The largest absolute Gasteiger partial charge is 0.339 e. The molecule has 0 unspecified atom stereocenters. The monoisotopic (exact) mass is 386 g/mol. The Morgan fingerprint density at radius 1 is 0.875 bits per heavy atom. The number of amides is 2. The van der Waals surface area contributed by atoms with Crippen molar-refractivity contribution in [2.75, 3.05) is 26.2 Å². The molecule has 0 saturated carbocycles. The average molecular weight is 387 g/mol. The lowest BCUT2D eigenvalue weighted by Gasteiger charge is -2.35. The Morgan fingerprint density at radius 3 is 2.21 bits per heavy atom. The van der Waals surface area contributed by atoms with Gasteiger partial charge in [0.15, 0.2) is 0 Å². The first-order chi connectivity index (χ1) is 11.6. The van der Waals surface area contributed by atoms with Crippen LogP contribution in [0.15, 0.2) is 59.1 Å². The lowest BCUT2D eigenvalue weighted by atomic mass is 10.1. The van der Waals surface area contributed by atoms with Crippen molar-refractivity contribution in [3.8, 4) is 0 Å². The molecule has 3 rings (SSSR count). The SMILES string of the molecule is O=C(Cc1ccccc1)N1CCN(C(=O)c2cccc(Br)c2)CC1. The summed E-state index contributed by atoms with van der Waals surface area (Å²) >= 11 is 3.39. The van der Waals surface area contributed by atoms with Crippen LogP contribution in [0.2, 0.25) is 0 Å². The van der Waals surface area contributed by atoms with Crippen molar-refractivity contribution >= 4 is 27.7 Å². The second-order valence-electron chi connectivity index (χ2n) is 5.85. The van der Waals surface area contributed by atoms with Gasteiger partial charge in [-0.1, -0.05) is 52.3 Å². The Labute approximate surface area is 150 Å². The minimum atomic E-state index is 0.0199. The summed E-state index contributed by atoms with van der Waals surface area (Å²) in [7, 11) is 0. The van der Waals surface area contributed by atoms with Gasteiger partial charge >= 0.3 is 0 Å². The van der Waals surface area contributed by atoms with Gasteiger partial charge in [-0.2, -0.15) is 0 Å². The van der Waals surface area contributed by atoms with E-state index in [1.165, 1.54) is 0 Å². The second kappa shape index (κ2) is 7.62. The minimum Gasteiger partial charge on any atom is -0.339 e. The number of nitrogens with zero attached hydrogens (tertiary/aromatic N) is 2. The Morgan fingerprint density at radius 2 is 1.54 bits per heavy atom. The molecule has 1 aliphatic rings. The first-order valence-corrected chi connectivity index (χ1v) is 8.79. The van der Waals surface area contributed by atoms with Gasteiger partial charge in [0.25, 0.3) is 5.91 Å². The quantitative estimate of drug-likeness (QED) is 0.813. The highest BCUT2D eigenvalue weighted by Crippen LogP contribution is 2.15. The van der Waals surface area contributed by atoms with Gasteiger partial charge < -0.3 is 9.80 Å². The predicted molar refractivity (Wildman–Crippen MR) is 96.8 cm³/mol. The molecule has 0 radical (unpaired) electrons. The molecule has 0 aliphatic carbocycles. The zero-order valence-corrected chi connectivity index (χ0v) is 14.9. The third-order valence-electron chi connectivity index (χ3n) is 4.19. The molecule has 2 aromatic carbocycles. The molecule has 0 bridgehead atoms. The van der Waals surface area contributed by atoms with Gasteiger partial charge in [-0.15, -0.1) is 0 Å². The summed E-state index contributed by atoms with van der Waals surface area (Å²) in [5.74, 6) is 0.141. The van der Waals surface area contributed by atoms with E-state index in [2.05, 4.69) is 15.9 Å². The predicted octanol–water partition coefficient (Wildman–Crippen LogP) is 2.98. The van der Waals surface area contributed by atoms with Gasteiger partial charge in [0.1, 0.15) is 0 Å². The van der Waals surface area contributed by atoms with E-state index in [0.717, 1.165) is 10.0 Å². The third kappa shape index (κ3) is 4.03. The summed E-state index contributed by atoms with van der Waals surface area (Å²) in [6.07, 6.45) is 0.417. The van der Waals surface area contributed by atoms with Crippen LogP contribution in [-0.4, -0.2) is 47.8 Å². The fraction of sp³-hybridized carbons (Fsp3) is 0.263. The first-order valence-electron chi connectivity index (χ1n) is 8.00. The fourth-order valence-corrected chi connectivity index (χ4v) is 3.24. The van der Waals surface area contributed by atoms with Crippen LogP contribution in [0.4, 0.5) is 0 Å². The Hall–Kier alpha value is -2.14. The molecular weight excluding hydrogens is 368 g/mol. The number of hydrogen-bond acceptors (Lipinski definition) is 2. The maximum absolute atomic E-state index is 12.5. The normalized spacial score (nSPS) is 14.5. The molecule has 2 aromatic rings. The van der Waals surface area contributed by atoms with Gasteiger partial charge in [-0.05, 0) is 23.8 Å². The average Bonchev–Trinajstić information content (AvgIpc) is 2.62. The molecule has 1 aliphatic heterocycles. The Balaban J connectivity index is 1.55. The van der Waals surface area contributed by atoms with Crippen molar-refractivity contribution < 1.29 is 9.59 Å². The van der Waals surface area contributed by atoms with Crippen molar-refractivity contribution in [3.05, 3.63) is 70.2 Å². The summed E-state index contributed by atoms with van der Waals surface area (Å²) in [6.45, 7) is 2.33. The number of piperazine rings is 1. The Bertz CT molecular complexity index is 725. The summed E-state index contributed by atoms with van der Waals surface area (Å²) in [5.41, 5.74) is 1.70. The zero-order valence-electron chi connectivity index (χ0n) is 13.3. The van der Waals surface area contributed by atoms with Crippen molar-refractivity contribution in [2.45, 2.75) is 6.42 Å². The van der Waals surface area contributed by atoms with Gasteiger partial charge in [-0.25, -0.2) is 0 Å². The topological polar surface area (TPSA) is 40.6 Å². The highest BCUT2D eigenvalue weighted by molar-refractivity contribution is 9.10. The van der Waals surface area contributed by atoms with E-state index in [9.17, 15) is 9.59 Å². The molecule has 1 fully saturated rings. The standard InChI is InChI=1S/C19H19BrN2O2/c20-17-8-4-7-16(14-17)19(24)22-11-9-21(10-12-22)18(23)13-15-5-2-1-3-6-15/h1-8,14H,9-13H2. The lowest BCUT2D eigenvalue weighted by Crippen LogP contribution is -2.51. The number of benzene rings is 2. The van der Waals surface area contributed by atoms with Gasteiger partial charge in [0, 0.05) is 36.2 Å². The summed E-state index contributed by atoms with van der Waals surface area (Å²) in [5, 5.41) is 0. The molecule has 0 atom stereocenters. The summed E-state index contributed by atoms with van der Waals surface area (Å²) in [6, 6.07) is 17.2. The van der Waals surface area contributed by atoms with E-state index in [1.807, 2.05) is 64.4 Å². The fourth-order valence-electron chi connectivity index (χ4n) is 2.85.